The van der Waals surface area contributed by atoms with E-state index in [0.29, 0.717) is 145 Å². The van der Waals surface area contributed by atoms with Crippen LogP contribution in [0.4, 0.5) is 4.39 Å². The molecule has 0 rings (SSSR count). The number of ether oxygens (including phenoxy) is 13. The molecular weight excluding hydrogens is 603 g/mol. The number of alkyl halides is 1. The number of carbonyl (C=O) groups is 1. The standard InChI is InChI=1S/C30H59FO14/c1-30(2,3)45-29(32)28-44-27-26-43-25-24-42-23-22-41-21-20-40-19-18-39-17-16-38-15-14-37-13-12-36-11-10-35-9-8-34-7-6-33-5-4-31/h4-28H2,1-3H3. The van der Waals surface area contributed by atoms with Gasteiger partial charge in [0.05, 0.1) is 152 Å². The molecule has 0 spiro atoms. The summed E-state index contributed by atoms with van der Waals surface area (Å²) in [4.78, 5) is 11.5. The lowest BCUT2D eigenvalue weighted by Crippen LogP contribution is -2.27. The molecule has 0 bridgehead atoms. The molecule has 45 heavy (non-hydrogen) atoms. The van der Waals surface area contributed by atoms with E-state index in [4.69, 9.17) is 61.6 Å². The molecule has 0 N–H and O–H groups in total. The van der Waals surface area contributed by atoms with Gasteiger partial charge in [-0.2, -0.15) is 0 Å². The van der Waals surface area contributed by atoms with Crippen molar-refractivity contribution in [2.24, 2.45) is 0 Å². The summed E-state index contributed by atoms with van der Waals surface area (Å²) in [5, 5.41) is 0. The maximum atomic E-state index is 11.8. The van der Waals surface area contributed by atoms with Gasteiger partial charge >= 0.3 is 5.97 Å². The summed E-state index contributed by atoms with van der Waals surface area (Å²) in [6.07, 6.45) is 0. The molecule has 0 saturated heterocycles. The highest BCUT2D eigenvalue weighted by atomic mass is 19.1. The van der Waals surface area contributed by atoms with Gasteiger partial charge in [0.15, 0.2) is 0 Å². The zero-order valence-corrected chi connectivity index (χ0v) is 27.8. The SMILES string of the molecule is CC(C)(C)OC(=O)COCCOCCOCCOCCOCCOCCOCCOCCOCCOCCOCCOCCF. The van der Waals surface area contributed by atoms with Gasteiger partial charge in [0.25, 0.3) is 0 Å². The molecule has 0 heterocycles. The highest BCUT2D eigenvalue weighted by Gasteiger charge is 2.15. The van der Waals surface area contributed by atoms with Gasteiger partial charge in [-0.3, -0.25) is 0 Å². The van der Waals surface area contributed by atoms with Crippen molar-refractivity contribution in [3.63, 3.8) is 0 Å². The maximum absolute atomic E-state index is 11.8. The molecule has 0 aliphatic heterocycles. The first-order chi connectivity index (χ1) is 22.0. The van der Waals surface area contributed by atoms with Gasteiger partial charge in [-0.15, -0.1) is 0 Å². The van der Waals surface area contributed by atoms with E-state index in [2.05, 4.69) is 0 Å². The minimum absolute atomic E-state index is 0.0865. The van der Waals surface area contributed by atoms with E-state index in [1.165, 1.54) is 0 Å². The molecule has 0 aromatic heterocycles. The molecule has 0 fully saturated rings. The van der Waals surface area contributed by atoms with Crippen molar-refractivity contribution in [1.29, 1.82) is 0 Å². The highest BCUT2D eigenvalue weighted by Crippen LogP contribution is 2.06. The summed E-state index contributed by atoms with van der Waals surface area (Å²) >= 11 is 0. The number of hydrogen-bond acceptors (Lipinski definition) is 14. The second kappa shape index (κ2) is 35.8. The van der Waals surface area contributed by atoms with E-state index in [0.717, 1.165) is 0 Å². The van der Waals surface area contributed by atoms with Crippen LogP contribution in [0.15, 0.2) is 0 Å². The van der Waals surface area contributed by atoms with Gasteiger partial charge in [-0.05, 0) is 20.8 Å². The van der Waals surface area contributed by atoms with Gasteiger partial charge in [0, 0.05) is 0 Å². The van der Waals surface area contributed by atoms with E-state index in [-0.39, 0.29) is 19.2 Å². The molecule has 15 heteroatoms. The molecule has 270 valence electrons. The Labute approximate surface area is 268 Å². The zero-order chi connectivity index (χ0) is 32.9. The molecule has 0 radical (unpaired) electrons. The van der Waals surface area contributed by atoms with E-state index in [1.807, 2.05) is 20.8 Å². The second-order valence-corrected chi connectivity index (χ2v) is 10.1. The summed E-state index contributed by atoms with van der Waals surface area (Å²) in [5.41, 5.74) is -0.513. The summed E-state index contributed by atoms with van der Waals surface area (Å²) < 4.78 is 81.2. The van der Waals surface area contributed by atoms with E-state index in [1.54, 1.807) is 0 Å². The Kier molecular flexibility index (Phi) is 34.9. The Balaban J connectivity index is 3.09. The van der Waals surface area contributed by atoms with Crippen molar-refractivity contribution >= 4 is 5.97 Å². The topological polar surface area (TPSA) is 137 Å². The third kappa shape index (κ3) is 40.9. The molecule has 0 aliphatic rings. The minimum Gasteiger partial charge on any atom is -0.458 e. The fourth-order valence-electron chi connectivity index (χ4n) is 3.00. The zero-order valence-electron chi connectivity index (χ0n) is 27.8. The molecule has 0 atom stereocenters. The van der Waals surface area contributed by atoms with Crippen molar-refractivity contribution in [1.82, 2.24) is 0 Å². The average molecular weight is 663 g/mol. The molecule has 0 amide bonds. The summed E-state index contributed by atoms with van der Waals surface area (Å²) in [6.45, 7) is 15.1. The second-order valence-electron chi connectivity index (χ2n) is 10.1. The number of hydrogen-bond donors (Lipinski definition) is 0. The Morgan fingerprint density at radius 2 is 0.578 bits per heavy atom. The monoisotopic (exact) mass is 662 g/mol. The first-order valence-corrected chi connectivity index (χ1v) is 15.7. The Morgan fingerprint density at radius 1 is 0.378 bits per heavy atom. The number of esters is 1. The van der Waals surface area contributed by atoms with Crippen LogP contribution in [0, 0.1) is 0 Å². The Bertz CT molecular complexity index is 597. The normalized spacial score (nSPS) is 11.8. The van der Waals surface area contributed by atoms with Crippen LogP contribution in [0.3, 0.4) is 0 Å². The van der Waals surface area contributed by atoms with Crippen LogP contribution in [-0.2, 0) is 66.4 Å². The largest absolute Gasteiger partial charge is 0.458 e. The van der Waals surface area contributed by atoms with E-state index >= 15 is 0 Å². The Morgan fingerprint density at radius 3 is 0.778 bits per heavy atom. The maximum Gasteiger partial charge on any atom is 0.332 e. The summed E-state index contributed by atoms with van der Waals surface area (Å²) in [5.74, 6) is -0.390. The van der Waals surface area contributed by atoms with Crippen LogP contribution in [0.2, 0.25) is 0 Å². The van der Waals surface area contributed by atoms with Gasteiger partial charge in [-0.1, -0.05) is 0 Å². The van der Waals surface area contributed by atoms with Crippen molar-refractivity contribution in [3.05, 3.63) is 0 Å². The van der Waals surface area contributed by atoms with Crippen LogP contribution >= 0.6 is 0 Å². The van der Waals surface area contributed by atoms with Crippen molar-refractivity contribution in [2.75, 3.05) is 165 Å². The lowest BCUT2D eigenvalue weighted by atomic mass is 10.2. The first kappa shape index (κ1) is 43.9. The molecule has 0 unspecified atom stereocenters. The molecule has 14 nitrogen and oxygen atoms in total. The third-order valence-corrected chi connectivity index (χ3v) is 4.95. The predicted molar refractivity (Wildman–Crippen MR) is 162 cm³/mol. The van der Waals surface area contributed by atoms with Crippen LogP contribution in [0.5, 0.6) is 0 Å². The van der Waals surface area contributed by atoms with Crippen LogP contribution < -0.4 is 0 Å². The van der Waals surface area contributed by atoms with Crippen molar-refractivity contribution in [3.8, 4) is 0 Å². The van der Waals surface area contributed by atoms with Gasteiger partial charge < -0.3 is 61.6 Å². The molecule has 0 saturated carbocycles. The van der Waals surface area contributed by atoms with Gasteiger partial charge in [-0.25, -0.2) is 9.18 Å². The summed E-state index contributed by atoms with van der Waals surface area (Å²) in [6, 6.07) is 0. The average Bonchev–Trinajstić information content (AvgIpc) is 3.00. The van der Waals surface area contributed by atoms with E-state index in [9.17, 15) is 9.18 Å². The van der Waals surface area contributed by atoms with Gasteiger partial charge in [0.1, 0.15) is 18.9 Å². The van der Waals surface area contributed by atoms with Gasteiger partial charge in [0.2, 0.25) is 0 Å². The quantitative estimate of drug-likeness (QED) is 0.0702. The van der Waals surface area contributed by atoms with Crippen LogP contribution in [-0.4, -0.2) is 177 Å². The van der Waals surface area contributed by atoms with E-state index < -0.39 is 12.3 Å². The summed E-state index contributed by atoms with van der Waals surface area (Å²) in [7, 11) is 0. The molecular formula is C30H59FO14. The number of carbonyl (C=O) groups excluding carboxylic acids is 1. The fourth-order valence-corrected chi connectivity index (χ4v) is 3.00. The number of rotatable bonds is 37. The van der Waals surface area contributed by atoms with Crippen LogP contribution in [0.1, 0.15) is 20.8 Å². The minimum atomic E-state index is -0.513. The Hall–Kier alpha value is -1.08. The van der Waals surface area contributed by atoms with Crippen molar-refractivity contribution in [2.45, 2.75) is 26.4 Å². The number of halogens is 1. The molecule has 0 aliphatic carbocycles. The molecule has 0 aromatic carbocycles. The highest BCUT2D eigenvalue weighted by molar-refractivity contribution is 5.71. The van der Waals surface area contributed by atoms with Crippen LogP contribution in [0.25, 0.3) is 0 Å². The van der Waals surface area contributed by atoms with Crippen molar-refractivity contribution < 1.29 is 70.8 Å². The third-order valence-electron chi connectivity index (χ3n) is 4.95. The molecule has 0 aromatic rings. The predicted octanol–water partition coefficient (Wildman–Crippen LogP) is 1.50. The smallest absolute Gasteiger partial charge is 0.332 e. The fraction of sp³-hybridized carbons (Fsp3) is 0.967. The first-order valence-electron chi connectivity index (χ1n) is 15.7. The lowest BCUT2D eigenvalue weighted by molar-refractivity contribution is -0.160. The lowest BCUT2D eigenvalue weighted by Gasteiger charge is -2.19.